The average molecular weight is 314 g/mol. The summed E-state index contributed by atoms with van der Waals surface area (Å²) in [4.78, 5) is 21.5. The van der Waals surface area contributed by atoms with Crippen LogP contribution in [0.25, 0.3) is 0 Å². The molecule has 1 N–H and O–H groups in total. The lowest BCUT2D eigenvalue weighted by atomic mass is 9.92. The van der Waals surface area contributed by atoms with Gasteiger partial charge in [0.1, 0.15) is 5.82 Å². The number of aromatic carboxylic acids is 1. The smallest absolute Gasteiger partial charge is 0.354 e. The van der Waals surface area contributed by atoms with E-state index < -0.39 is 5.97 Å². The van der Waals surface area contributed by atoms with Gasteiger partial charge in [-0.1, -0.05) is 6.07 Å². The second kappa shape index (κ2) is 7.26. The predicted molar refractivity (Wildman–Crippen MR) is 87.6 cm³/mol. The molecule has 2 aromatic heterocycles. The molecule has 23 heavy (non-hydrogen) atoms. The van der Waals surface area contributed by atoms with Gasteiger partial charge in [-0.25, -0.2) is 14.8 Å². The molecular weight excluding hydrogens is 292 g/mol. The van der Waals surface area contributed by atoms with Gasteiger partial charge in [0.25, 0.3) is 0 Å². The molecule has 6 nitrogen and oxygen atoms in total. The Kier molecular flexibility index (Phi) is 4.90. The van der Waals surface area contributed by atoms with Crippen LogP contribution in [-0.2, 0) is 6.54 Å². The quantitative estimate of drug-likeness (QED) is 0.887. The molecule has 1 aliphatic heterocycles. The van der Waals surface area contributed by atoms with E-state index in [0.29, 0.717) is 0 Å². The number of imidazole rings is 1. The molecule has 6 heteroatoms. The number of hydrogen-bond donors (Lipinski definition) is 1. The van der Waals surface area contributed by atoms with Crippen LogP contribution >= 0.6 is 0 Å². The Morgan fingerprint density at radius 1 is 1.30 bits per heavy atom. The molecular formula is C17H22N4O2. The molecule has 1 fully saturated rings. The van der Waals surface area contributed by atoms with Crippen molar-refractivity contribution in [2.75, 3.05) is 18.0 Å². The molecule has 0 aliphatic carbocycles. The third-order valence-electron chi connectivity index (χ3n) is 4.48. The van der Waals surface area contributed by atoms with E-state index >= 15 is 0 Å². The summed E-state index contributed by atoms with van der Waals surface area (Å²) in [5, 5.41) is 9.04. The van der Waals surface area contributed by atoms with E-state index in [9.17, 15) is 4.79 Å². The van der Waals surface area contributed by atoms with E-state index in [1.165, 1.54) is 18.9 Å². The van der Waals surface area contributed by atoms with Gasteiger partial charge in [0.15, 0.2) is 5.69 Å². The summed E-state index contributed by atoms with van der Waals surface area (Å²) in [7, 11) is 0. The van der Waals surface area contributed by atoms with Crippen molar-refractivity contribution in [1.29, 1.82) is 0 Å². The average Bonchev–Trinajstić information content (AvgIpc) is 3.09. The van der Waals surface area contributed by atoms with Gasteiger partial charge >= 0.3 is 5.97 Å². The predicted octanol–water partition coefficient (Wildman–Crippen LogP) is 2.67. The van der Waals surface area contributed by atoms with Gasteiger partial charge in [0.2, 0.25) is 0 Å². The van der Waals surface area contributed by atoms with Gasteiger partial charge in [0, 0.05) is 32.0 Å². The monoisotopic (exact) mass is 314 g/mol. The van der Waals surface area contributed by atoms with E-state index in [-0.39, 0.29) is 5.69 Å². The van der Waals surface area contributed by atoms with Crippen LogP contribution in [-0.4, -0.2) is 38.7 Å². The Hall–Kier alpha value is -2.37. The highest BCUT2D eigenvalue weighted by molar-refractivity contribution is 5.85. The van der Waals surface area contributed by atoms with E-state index in [0.717, 1.165) is 44.2 Å². The zero-order chi connectivity index (χ0) is 16.1. The van der Waals surface area contributed by atoms with Crippen molar-refractivity contribution in [2.24, 2.45) is 5.92 Å². The van der Waals surface area contributed by atoms with Crippen molar-refractivity contribution in [3.8, 4) is 0 Å². The molecule has 0 unspecified atom stereocenters. The van der Waals surface area contributed by atoms with Crippen molar-refractivity contribution >= 4 is 11.8 Å². The van der Waals surface area contributed by atoms with Gasteiger partial charge < -0.3 is 14.6 Å². The molecule has 2 aromatic rings. The van der Waals surface area contributed by atoms with Gasteiger partial charge in [-0.05, 0) is 43.7 Å². The van der Waals surface area contributed by atoms with Crippen LogP contribution in [0.5, 0.6) is 0 Å². The van der Waals surface area contributed by atoms with Crippen molar-refractivity contribution in [2.45, 2.75) is 32.2 Å². The molecule has 0 amide bonds. The minimum absolute atomic E-state index is 0.116. The van der Waals surface area contributed by atoms with E-state index in [1.54, 1.807) is 6.07 Å². The molecule has 1 aliphatic rings. The fourth-order valence-corrected chi connectivity index (χ4v) is 3.15. The fraction of sp³-hybridized carbons (Fsp3) is 0.471. The van der Waals surface area contributed by atoms with Crippen LogP contribution < -0.4 is 4.90 Å². The van der Waals surface area contributed by atoms with E-state index in [1.807, 2.05) is 24.8 Å². The van der Waals surface area contributed by atoms with Crippen LogP contribution in [0.15, 0.2) is 36.9 Å². The Bertz CT molecular complexity index is 634. The number of pyridine rings is 1. The lowest BCUT2D eigenvalue weighted by Crippen LogP contribution is -2.34. The largest absolute Gasteiger partial charge is 0.477 e. The van der Waals surface area contributed by atoms with Crippen LogP contribution in [0.1, 0.15) is 36.2 Å². The number of aromatic nitrogens is 3. The highest BCUT2D eigenvalue weighted by atomic mass is 16.4. The summed E-state index contributed by atoms with van der Waals surface area (Å²) >= 11 is 0. The molecule has 0 saturated carbocycles. The number of nitrogens with zero attached hydrogens (tertiary/aromatic N) is 4. The molecule has 0 spiro atoms. The highest BCUT2D eigenvalue weighted by Gasteiger charge is 2.20. The maximum atomic E-state index is 11.0. The number of rotatable bonds is 6. The van der Waals surface area contributed by atoms with Crippen LogP contribution in [0.3, 0.4) is 0 Å². The summed E-state index contributed by atoms with van der Waals surface area (Å²) in [5.41, 5.74) is 0.116. The molecule has 0 radical (unpaired) electrons. The van der Waals surface area contributed by atoms with E-state index in [2.05, 4.69) is 19.4 Å². The van der Waals surface area contributed by atoms with Gasteiger partial charge in [0.05, 0.1) is 6.33 Å². The first-order valence-corrected chi connectivity index (χ1v) is 8.13. The number of carboxylic acids is 1. The third kappa shape index (κ3) is 4.09. The van der Waals surface area contributed by atoms with Crippen LogP contribution in [0, 0.1) is 5.92 Å². The number of hydrogen-bond acceptors (Lipinski definition) is 4. The number of carboxylic acid groups (broad SMARTS) is 1. The summed E-state index contributed by atoms with van der Waals surface area (Å²) in [6.45, 7) is 2.93. The molecule has 3 rings (SSSR count). The Morgan fingerprint density at radius 2 is 2.13 bits per heavy atom. The summed E-state index contributed by atoms with van der Waals surface area (Å²) in [5.74, 6) is 0.556. The van der Waals surface area contributed by atoms with Crippen molar-refractivity contribution < 1.29 is 9.90 Å². The first kappa shape index (κ1) is 15.5. The lowest BCUT2D eigenvalue weighted by molar-refractivity contribution is 0.0690. The van der Waals surface area contributed by atoms with Gasteiger partial charge in [-0.3, -0.25) is 0 Å². The Labute approximate surface area is 135 Å². The fourth-order valence-electron chi connectivity index (χ4n) is 3.15. The van der Waals surface area contributed by atoms with Crippen LogP contribution in [0.2, 0.25) is 0 Å². The molecule has 1 saturated heterocycles. The highest BCUT2D eigenvalue weighted by Crippen LogP contribution is 2.25. The minimum Gasteiger partial charge on any atom is -0.477 e. The SMILES string of the molecule is O=C(O)c1cccc(N2CCC(CCCn3ccnc3)CC2)n1. The van der Waals surface area contributed by atoms with Crippen molar-refractivity contribution in [3.63, 3.8) is 0 Å². The van der Waals surface area contributed by atoms with Gasteiger partial charge in [-0.15, -0.1) is 0 Å². The second-order valence-electron chi connectivity index (χ2n) is 6.06. The molecule has 122 valence electrons. The number of anilines is 1. The van der Waals surface area contributed by atoms with Gasteiger partial charge in [-0.2, -0.15) is 0 Å². The number of piperidine rings is 1. The normalized spacial score (nSPS) is 15.7. The zero-order valence-corrected chi connectivity index (χ0v) is 13.1. The minimum atomic E-state index is -0.971. The summed E-state index contributed by atoms with van der Waals surface area (Å²) in [6, 6.07) is 5.20. The molecule has 0 atom stereocenters. The molecule has 0 aromatic carbocycles. The van der Waals surface area contributed by atoms with Crippen molar-refractivity contribution in [1.82, 2.24) is 14.5 Å². The summed E-state index contributed by atoms with van der Waals surface area (Å²) in [6.07, 6.45) is 10.4. The number of aryl methyl sites for hydroxylation is 1. The second-order valence-corrected chi connectivity index (χ2v) is 6.06. The molecule has 3 heterocycles. The Balaban J connectivity index is 1.46. The number of carbonyl (C=O) groups is 1. The van der Waals surface area contributed by atoms with E-state index in [4.69, 9.17) is 5.11 Å². The van der Waals surface area contributed by atoms with Crippen LogP contribution in [0.4, 0.5) is 5.82 Å². The maximum Gasteiger partial charge on any atom is 0.354 e. The third-order valence-corrected chi connectivity index (χ3v) is 4.48. The maximum absolute atomic E-state index is 11.0. The molecule has 0 bridgehead atoms. The standard InChI is InChI=1S/C17H22N4O2/c22-17(23)15-4-1-5-16(19-15)21-10-6-14(7-11-21)3-2-9-20-12-8-18-13-20/h1,4-5,8,12-14H,2-3,6-7,9-11H2,(H,22,23). The first-order chi connectivity index (χ1) is 11.2. The zero-order valence-electron chi connectivity index (χ0n) is 13.1. The Morgan fingerprint density at radius 3 is 2.83 bits per heavy atom. The first-order valence-electron chi connectivity index (χ1n) is 8.13. The van der Waals surface area contributed by atoms with Crippen molar-refractivity contribution in [3.05, 3.63) is 42.6 Å². The summed E-state index contributed by atoms with van der Waals surface area (Å²) < 4.78 is 2.12. The topological polar surface area (TPSA) is 71.2 Å². The lowest BCUT2D eigenvalue weighted by Gasteiger charge is -2.33.